The normalized spacial score (nSPS) is 15.7. The number of halogens is 1. The van der Waals surface area contributed by atoms with Gasteiger partial charge in [0.1, 0.15) is 0 Å². The molecule has 0 amide bonds. The summed E-state index contributed by atoms with van der Waals surface area (Å²) in [6.07, 6.45) is 1.83. The van der Waals surface area contributed by atoms with E-state index in [0.717, 1.165) is 10.0 Å². The molecule has 0 aromatic rings. The van der Waals surface area contributed by atoms with E-state index in [1.807, 2.05) is 0 Å². The van der Waals surface area contributed by atoms with Gasteiger partial charge in [-0.2, -0.15) is 0 Å². The lowest BCUT2D eigenvalue weighted by Gasteiger charge is -2.14. The second-order valence-corrected chi connectivity index (χ2v) is 4.49. The Morgan fingerprint density at radius 3 is 2.58 bits per heavy atom. The van der Waals surface area contributed by atoms with Crippen molar-refractivity contribution in [1.82, 2.24) is 0 Å². The third-order valence-corrected chi connectivity index (χ3v) is 2.92. The summed E-state index contributed by atoms with van der Waals surface area (Å²) in [7, 11) is 0. The van der Waals surface area contributed by atoms with Crippen LogP contribution in [0.2, 0.25) is 0 Å². The van der Waals surface area contributed by atoms with E-state index in [-0.39, 0.29) is 12.7 Å². The SMILES string of the molecule is C=C(I)[C@H](C)C[C@H](O)CCCO. The van der Waals surface area contributed by atoms with Crippen LogP contribution in [0.15, 0.2) is 10.2 Å². The highest BCUT2D eigenvalue weighted by atomic mass is 127. The molecule has 0 aromatic heterocycles. The van der Waals surface area contributed by atoms with Crippen LogP contribution in [0.3, 0.4) is 0 Å². The molecular weight excluding hydrogens is 267 g/mol. The Morgan fingerprint density at radius 1 is 1.58 bits per heavy atom. The maximum absolute atomic E-state index is 9.44. The van der Waals surface area contributed by atoms with Crippen molar-refractivity contribution in [3.8, 4) is 0 Å². The molecule has 0 aromatic carbocycles. The molecule has 0 aliphatic rings. The molecule has 0 bridgehead atoms. The van der Waals surface area contributed by atoms with Gasteiger partial charge in [-0.1, -0.05) is 13.5 Å². The highest BCUT2D eigenvalue weighted by molar-refractivity contribution is 14.1. The van der Waals surface area contributed by atoms with Gasteiger partial charge in [0.25, 0.3) is 0 Å². The summed E-state index contributed by atoms with van der Waals surface area (Å²) >= 11 is 2.18. The molecule has 0 saturated heterocycles. The maximum Gasteiger partial charge on any atom is 0.0547 e. The van der Waals surface area contributed by atoms with Gasteiger partial charge in [-0.3, -0.25) is 0 Å². The molecule has 12 heavy (non-hydrogen) atoms. The molecule has 2 N–H and O–H groups in total. The van der Waals surface area contributed by atoms with Gasteiger partial charge in [-0.25, -0.2) is 0 Å². The number of hydrogen-bond donors (Lipinski definition) is 2. The summed E-state index contributed by atoms with van der Waals surface area (Å²) in [4.78, 5) is 0. The van der Waals surface area contributed by atoms with E-state index in [2.05, 4.69) is 36.1 Å². The van der Waals surface area contributed by atoms with Gasteiger partial charge in [0.05, 0.1) is 6.10 Å². The Bertz CT molecular complexity index is 136. The van der Waals surface area contributed by atoms with Gasteiger partial charge in [0, 0.05) is 6.61 Å². The summed E-state index contributed by atoms with van der Waals surface area (Å²) in [6.45, 7) is 6.03. The van der Waals surface area contributed by atoms with Crippen molar-refractivity contribution in [2.24, 2.45) is 5.92 Å². The lowest BCUT2D eigenvalue weighted by atomic mass is 10.0. The molecule has 0 radical (unpaired) electrons. The molecule has 2 nitrogen and oxygen atoms in total. The van der Waals surface area contributed by atoms with Crippen molar-refractivity contribution >= 4 is 22.6 Å². The van der Waals surface area contributed by atoms with Crippen LogP contribution in [0.5, 0.6) is 0 Å². The van der Waals surface area contributed by atoms with Crippen molar-refractivity contribution in [3.05, 3.63) is 10.2 Å². The Labute approximate surface area is 87.8 Å². The van der Waals surface area contributed by atoms with Crippen molar-refractivity contribution < 1.29 is 10.2 Å². The molecule has 0 aliphatic carbocycles. The van der Waals surface area contributed by atoms with Crippen molar-refractivity contribution in [1.29, 1.82) is 0 Å². The van der Waals surface area contributed by atoms with Crippen LogP contribution < -0.4 is 0 Å². The number of rotatable bonds is 6. The average Bonchev–Trinajstić information content (AvgIpc) is 2.00. The zero-order valence-corrected chi connectivity index (χ0v) is 9.62. The first-order valence-corrected chi connectivity index (χ1v) is 5.29. The summed E-state index contributed by atoms with van der Waals surface area (Å²) < 4.78 is 1.08. The minimum absolute atomic E-state index is 0.163. The molecule has 0 unspecified atom stereocenters. The minimum atomic E-state index is -0.293. The fourth-order valence-electron chi connectivity index (χ4n) is 0.981. The number of hydrogen-bond acceptors (Lipinski definition) is 2. The van der Waals surface area contributed by atoms with E-state index in [9.17, 15) is 5.11 Å². The number of aliphatic hydroxyl groups excluding tert-OH is 2. The quantitative estimate of drug-likeness (QED) is 0.733. The fourth-order valence-corrected chi connectivity index (χ4v) is 1.24. The topological polar surface area (TPSA) is 40.5 Å². The van der Waals surface area contributed by atoms with Crippen LogP contribution in [0.4, 0.5) is 0 Å². The summed E-state index contributed by atoms with van der Waals surface area (Å²) in [5.41, 5.74) is 0. The Balaban J connectivity index is 3.53. The third-order valence-electron chi connectivity index (χ3n) is 1.86. The van der Waals surface area contributed by atoms with Gasteiger partial charge >= 0.3 is 0 Å². The van der Waals surface area contributed by atoms with Gasteiger partial charge in [0.2, 0.25) is 0 Å². The third kappa shape index (κ3) is 5.97. The van der Waals surface area contributed by atoms with Crippen LogP contribution in [-0.4, -0.2) is 22.9 Å². The average molecular weight is 284 g/mol. The highest BCUT2D eigenvalue weighted by Crippen LogP contribution is 2.21. The van der Waals surface area contributed by atoms with Crippen molar-refractivity contribution in [3.63, 3.8) is 0 Å². The molecule has 0 saturated carbocycles. The van der Waals surface area contributed by atoms with E-state index in [4.69, 9.17) is 5.11 Å². The first kappa shape index (κ1) is 12.4. The van der Waals surface area contributed by atoms with Gasteiger partial charge < -0.3 is 10.2 Å². The molecular formula is C9H17IO2. The molecule has 0 spiro atoms. The number of allylic oxidation sites excluding steroid dienone is 1. The Kier molecular flexibility index (Phi) is 7.08. The van der Waals surface area contributed by atoms with E-state index < -0.39 is 0 Å². The van der Waals surface area contributed by atoms with Crippen LogP contribution in [-0.2, 0) is 0 Å². The van der Waals surface area contributed by atoms with Crippen LogP contribution in [0.25, 0.3) is 0 Å². The molecule has 0 rings (SSSR count). The Hall–Kier alpha value is 0.390. The largest absolute Gasteiger partial charge is 0.396 e. The first-order chi connectivity index (χ1) is 5.57. The summed E-state index contributed by atoms with van der Waals surface area (Å²) in [5, 5.41) is 18.0. The van der Waals surface area contributed by atoms with Gasteiger partial charge in [0.15, 0.2) is 0 Å². The summed E-state index contributed by atoms with van der Waals surface area (Å²) in [5.74, 6) is 0.360. The number of aliphatic hydroxyl groups is 2. The molecule has 2 atom stereocenters. The zero-order valence-electron chi connectivity index (χ0n) is 7.46. The summed E-state index contributed by atoms with van der Waals surface area (Å²) in [6, 6.07) is 0. The Morgan fingerprint density at radius 2 is 2.17 bits per heavy atom. The van der Waals surface area contributed by atoms with Gasteiger partial charge in [-0.15, -0.1) is 0 Å². The predicted octanol–water partition coefficient (Wildman–Crippen LogP) is 2.09. The van der Waals surface area contributed by atoms with Crippen LogP contribution >= 0.6 is 22.6 Å². The van der Waals surface area contributed by atoms with E-state index in [0.29, 0.717) is 18.8 Å². The molecule has 0 fully saturated rings. The van der Waals surface area contributed by atoms with E-state index >= 15 is 0 Å². The van der Waals surface area contributed by atoms with Gasteiger partial charge in [-0.05, 0) is 51.4 Å². The fraction of sp³-hybridized carbons (Fsp3) is 0.778. The molecule has 3 heteroatoms. The van der Waals surface area contributed by atoms with E-state index in [1.54, 1.807) is 0 Å². The monoisotopic (exact) mass is 284 g/mol. The lowest BCUT2D eigenvalue weighted by Crippen LogP contribution is -2.12. The smallest absolute Gasteiger partial charge is 0.0547 e. The molecule has 0 aliphatic heterocycles. The lowest BCUT2D eigenvalue weighted by molar-refractivity contribution is 0.131. The zero-order chi connectivity index (χ0) is 9.56. The van der Waals surface area contributed by atoms with Crippen LogP contribution in [0, 0.1) is 5.92 Å². The van der Waals surface area contributed by atoms with Crippen molar-refractivity contribution in [2.75, 3.05) is 6.61 Å². The van der Waals surface area contributed by atoms with Crippen molar-refractivity contribution in [2.45, 2.75) is 32.3 Å². The second kappa shape index (κ2) is 6.86. The predicted molar refractivity (Wildman–Crippen MR) is 59.3 cm³/mol. The maximum atomic E-state index is 9.44. The standard InChI is InChI=1S/C9H17IO2/c1-7(8(2)10)6-9(12)4-3-5-11/h7,9,11-12H,2-6H2,1H3/t7-,9-/m1/s1. The first-order valence-electron chi connectivity index (χ1n) is 4.21. The van der Waals surface area contributed by atoms with E-state index in [1.165, 1.54) is 0 Å². The second-order valence-electron chi connectivity index (χ2n) is 3.10. The van der Waals surface area contributed by atoms with Crippen LogP contribution in [0.1, 0.15) is 26.2 Å². The minimum Gasteiger partial charge on any atom is -0.396 e. The highest BCUT2D eigenvalue weighted by Gasteiger charge is 2.10. The molecule has 72 valence electrons. The molecule has 0 heterocycles.